The van der Waals surface area contributed by atoms with Crippen LogP contribution in [0.5, 0.6) is 17.2 Å². The number of ether oxygens (including phenoxy) is 3. The van der Waals surface area contributed by atoms with Crippen LogP contribution in [-0.4, -0.2) is 41.8 Å². The molecule has 0 saturated carbocycles. The van der Waals surface area contributed by atoms with Crippen LogP contribution in [0.3, 0.4) is 0 Å². The number of methoxy groups -OCH3 is 2. The van der Waals surface area contributed by atoms with Crippen molar-refractivity contribution in [3.8, 4) is 17.2 Å². The molecule has 8 nitrogen and oxygen atoms in total. The maximum atomic E-state index is 11.8. The van der Waals surface area contributed by atoms with E-state index < -0.39 is 5.97 Å². The first-order valence-corrected chi connectivity index (χ1v) is 10.8. The van der Waals surface area contributed by atoms with Gasteiger partial charge < -0.3 is 24.2 Å². The maximum Gasteiger partial charge on any atom is 0.339 e. The highest BCUT2D eigenvalue weighted by Gasteiger charge is 2.31. The van der Waals surface area contributed by atoms with E-state index in [1.807, 2.05) is 18.2 Å². The van der Waals surface area contributed by atoms with E-state index in [1.165, 1.54) is 6.20 Å². The average Bonchev–Trinajstić information content (AvgIpc) is 3.32. The van der Waals surface area contributed by atoms with Gasteiger partial charge in [0, 0.05) is 18.3 Å². The van der Waals surface area contributed by atoms with Crippen LogP contribution in [0, 0.1) is 0 Å². The van der Waals surface area contributed by atoms with Crippen molar-refractivity contribution < 1.29 is 24.1 Å². The minimum absolute atomic E-state index is 0.0134. The number of anilines is 1. The number of carbonyl (C=O) groups is 1. The summed E-state index contributed by atoms with van der Waals surface area (Å²) in [7, 11) is 3.25. The van der Waals surface area contributed by atoms with Crippen molar-refractivity contribution in [2.24, 2.45) is 0 Å². The van der Waals surface area contributed by atoms with Crippen molar-refractivity contribution in [3.63, 3.8) is 0 Å². The molecule has 1 aliphatic heterocycles. The molecule has 0 bridgehead atoms. The van der Waals surface area contributed by atoms with Gasteiger partial charge in [-0.1, -0.05) is 23.7 Å². The summed E-state index contributed by atoms with van der Waals surface area (Å²) in [6, 6.07) is 12.7. The van der Waals surface area contributed by atoms with Gasteiger partial charge in [0.05, 0.1) is 31.0 Å². The Bertz CT molecular complexity index is 1160. The summed E-state index contributed by atoms with van der Waals surface area (Å²) >= 11 is 6.16. The number of benzene rings is 2. The molecule has 3 aromatic rings. The van der Waals surface area contributed by atoms with Gasteiger partial charge in [-0.2, -0.15) is 0 Å². The molecule has 172 valence electrons. The number of rotatable bonds is 8. The molecule has 0 aliphatic carbocycles. The Kier molecular flexibility index (Phi) is 6.84. The Balaban J connectivity index is 1.66. The summed E-state index contributed by atoms with van der Waals surface area (Å²) in [5, 5.41) is 10.1. The van der Waals surface area contributed by atoms with Gasteiger partial charge in [-0.05, 0) is 43.2 Å². The number of hydrogen-bond donors (Lipinski definition) is 1. The zero-order valence-corrected chi connectivity index (χ0v) is 19.1. The van der Waals surface area contributed by atoms with Crippen LogP contribution in [0.1, 0.15) is 40.5 Å². The predicted octanol–water partition coefficient (Wildman–Crippen LogP) is 4.77. The van der Waals surface area contributed by atoms with E-state index in [0.717, 1.165) is 36.4 Å². The number of carboxylic acid groups (broad SMARTS) is 1. The Hall–Kier alpha value is -3.52. The minimum Gasteiger partial charge on any atom is -0.497 e. The molecule has 33 heavy (non-hydrogen) atoms. The van der Waals surface area contributed by atoms with Crippen molar-refractivity contribution in [1.82, 2.24) is 9.97 Å². The normalized spacial score (nSPS) is 15.4. The number of para-hydroxylation sites is 1. The van der Waals surface area contributed by atoms with Gasteiger partial charge in [0.2, 0.25) is 5.95 Å². The van der Waals surface area contributed by atoms with Crippen molar-refractivity contribution >= 4 is 23.5 Å². The number of aromatic carboxylic acids is 1. The van der Waals surface area contributed by atoms with Crippen LogP contribution in [0.25, 0.3) is 0 Å². The lowest BCUT2D eigenvalue weighted by Crippen LogP contribution is -2.26. The van der Waals surface area contributed by atoms with Crippen LogP contribution in [0.15, 0.2) is 48.7 Å². The van der Waals surface area contributed by atoms with Crippen molar-refractivity contribution in [2.75, 3.05) is 25.7 Å². The lowest BCUT2D eigenvalue weighted by Gasteiger charge is -2.27. The molecule has 0 spiro atoms. The lowest BCUT2D eigenvalue weighted by molar-refractivity contribution is 0.0692. The van der Waals surface area contributed by atoms with Gasteiger partial charge in [-0.25, -0.2) is 14.8 Å². The van der Waals surface area contributed by atoms with E-state index in [0.29, 0.717) is 16.7 Å². The minimum atomic E-state index is -1.12. The molecule has 0 amide bonds. The van der Waals surface area contributed by atoms with Crippen LogP contribution in [-0.2, 0) is 6.61 Å². The SMILES string of the molecule is COc1ccc(OC)c([C@H]2CCCN2c2ncc(C(=O)O)c(COc3ccccc3Cl)n2)c1. The zero-order chi connectivity index (χ0) is 23.4. The topological polar surface area (TPSA) is 94.0 Å². The van der Waals surface area contributed by atoms with Gasteiger partial charge in [0.15, 0.2) is 0 Å². The first kappa shape index (κ1) is 22.7. The molecular formula is C24H24ClN3O5. The Morgan fingerprint density at radius 2 is 2.00 bits per heavy atom. The molecule has 1 atom stereocenters. The Morgan fingerprint density at radius 3 is 2.73 bits per heavy atom. The summed E-state index contributed by atoms with van der Waals surface area (Å²) in [5.41, 5.74) is 1.23. The van der Waals surface area contributed by atoms with E-state index >= 15 is 0 Å². The number of hydrogen-bond acceptors (Lipinski definition) is 7. The third-order valence-corrected chi connectivity index (χ3v) is 5.90. The van der Waals surface area contributed by atoms with E-state index in [2.05, 4.69) is 14.9 Å². The third kappa shape index (κ3) is 4.80. The average molecular weight is 470 g/mol. The first-order valence-electron chi connectivity index (χ1n) is 10.5. The second kappa shape index (κ2) is 9.95. The molecule has 1 aromatic heterocycles. The van der Waals surface area contributed by atoms with Gasteiger partial charge >= 0.3 is 5.97 Å². The number of halogens is 1. The Labute approximate surface area is 196 Å². The summed E-state index contributed by atoms with van der Waals surface area (Å²) in [5.74, 6) is 1.25. The second-order valence-electron chi connectivity index (χ2n) is 7.51. The smallest absolute Gasteiger partial charge is 0.339 e. The van der Waals surface area contributed by atoms with Crippen LogP contribution in [0.2, 0.25) is 5.02 Å². The molecule has 2 heterocycles. The zero-order valence-electron chi connectivity index (χ0n) is 18.3. The van der Waals surface area contributed by atoms with Crippen molar-refractivity contribution in [1.29, 1.82) is 0 Å². The third-order valence-electron chi connectivity index (χ3n) is 5.59. The number of carboxylic acids is 1. The van der Waals surface area contributed by atoms with Gasteiger partial charge in [0.1, 0.15) is 29.4 Å². The van der Waals surface area contributed by atoms with Gasteiger partial charge in [-0.3, -0.25) is 0 Å². The molecular weight excluding hydrogens is 446 g/mol. The van der Waals surface area contributed by atoms with E-state index in [9.17, 15) is 9.90 Å². The van der Waals surface area contributed by atoms with Crippen LogP contribution >= 0.6 is 11.6 Å². The van der Waals surface area contributed by atoms with Gasteiger partial charge in [-0.15, -0.1) is 0 Å². The fourth-order valence-electron chi connectivity index (χ4n) is 3.97. The molecule has 9 heteroatoms. The van der Waals surface area contributed by atoms with Crippen LogP contribution < -0.4 is 19.1 Å². The fraction of sp³-hybridized carbons (Fsp3) is 0.292. The number of aromatic nitrogens is 2. The summed E-state index contributed by atoms with van der Waals surface area (Å²) in [4.78, 5) is 22.8. The maximum absolute atomic E-state index is 11.8. The van der Waals surface area contributed by atoms with Crippen LogP contribution in [0.4, 0.5) is 5.95 Å². The van der Waals surface area contributed by atoms with E-state index in [4.69, 9.17) is 25.8 Å². The highest BCUT2D eigenvalue weighted by atomic mass is 35.5. The van der Waals surface area contributed by atoms with Crippen molar-refractivity contribution in [2.45, 2.75) is 25.5 Å². The lowest BCUT2D eigenvalue weighted by atomic mass is 10.0. The highest BCUT2D eigenvalue weighted by molar-refractivity contribution is 6.32. The molecule has 0 radical (unpaired) electrons. The van der Waals surface area contributed by atoms with Crippen molar-refractivity contribution in [3.05, 3.63) is 70.5 Å². The number of nitrogens with zero attached hydrogens (tertiary/aromatic N) is 3. The van der Waals surface area contributed by atoms with E-state index in [-0.39, 0.29) is 23.9 Å². The molecule has 0 unspecified atom stereocenters. The standard InChI is InChI=1S/C24H24ClN3O5/c1-31-15-9-10-21(32-2)16(12-15)20-7-5-11-28(20)24-26-13-17(23(29)30)19(27-24)14-33-22-8-4-3-6-18(22)25/h3-4,6,8-10,12-13,20H,5,7,11,14H2,1-2H3,(H,29,30)/t20-/m1/s1. The molecule has 1 N–H and O–H groups in total. The quantitative estimate of drug-likeness (QED) is 0.504. The molecule has 2 aromatic carbocycles. The highest BCUT2D eigenvalue weighted by Crippen LogP contribution is 2.40. The Morgan fingerprint density at radius 1 is 1.18 bits per heavy atom. The summed E-state index contributed by atoms with van der Waals surface area (Å²) < 4.78 is 16.8. The summed E-state index contributed by atoms with van der Waals surface area (Å²) in [6.45, 7) is 0.671. The second-order valence-corrected chi connectivity index (χ2v) is 7.92. The molecule has 4 rings (SSSR count). The molecule has 1 fully saturated rings. The monoisotopic (exact) mass is 469 g/mol. The molecule has 1 aliphatic rings. The largest absolute Gasteiger partial charge is 0.497 e. The first-order chi connectivity index (χ1) is 16.0. The fourth-order valence-corrected chi connectivity index (χ4v) is 4.16. The van der Waals surface area contributed by atoms with E-state index in [1.54, 1.807) is 38.5 Å². The van der Waals surface area contributed by atoms with Gasteiger partial charge in [0.25, 0.3) is 0 Å². The summed E-state index contributed by atoms with van der Waals surface area (Å²) in [6.07, 6.45) is 3.13. The molecule has 1 saturated heterocycles. The predicted molar refractivity (Wildman–Crippen MR) is 124 cm³/mol.